The average Bonchev–Trinajstić information content (AvgIpc) is 3.40. The molecule has 0 fully saturated rings. The zero-order chi connectivity index (χ0) is 23.0. The first kappa shape index (κ1) is 21.6. The zero-order valence-corrected chi connectivity index (χ0v) is 17.4. The van der Waals surface area contributed by atoms with Crippen molar-refractivity contribution in [2.24, 2.45) is 0 Å². The van der Waals surface area contributed by atoms with Crippen molar-refractivity contribution in [3.05, 3.63) is 93.4 Å². The van der Waals surface area contributed by atoms with Gasteiger partial charge in [-0.25, -0.2) is 0 Å². The van der Waals surface area contributed by atoms with Gasteiger partial charge in [-0.1, -0.05) is 24.3 Å². The van der Waals surface area contributed by atoms with E-state index >= 15 is 0 Å². The van der Waals surface area contributed by atoms with E-state index in [4.69, 9.17) is 4.74 Å². The second-order valence-electron chi connectivity index (χ2n) is 6.97. The molecule has 1 aromatic heterocycles. The van der Waals surface area contributed by atoms with Gasteiger partial charge in [0.25, 0.3) is 5.91 Å². The number of methoxy groups -OCH3 is 1. The Balaban J connectivity index is 1.90. The van der Waals surface area contributed by atoms with Crippen molar-refractivity contribution in [1.82, 2.24) is 0 Å². The van der Waals surface area contributed by atoms with Gasteiger partial charge in [0.15, 0.2) is 5.76 Å². The van der Waals surface area contributed by atoms with Crippen molar-refractivity contribution < 1.29 is 32.6 Å². The highest BCUT2D eigenvalue weighted by Crippen LogP contribution is 2.44. The number of carbonyl (C=O) groups excluding carboxylic acids is 2. The monoisotopic (exact) mass is 459 g/mol. The molecule has 5 nitrogen and oxygen atoms in total. The molecule has 0 saturated carbocycles. The summed E-state index contributed by atoms with van der Waals surface area (Å²) in [6.07, 6.45) is -4.63. The maximum absolute atomic E-state index is 13.3. The van der Waals surface area contributed by atoms with E-state index in [2.05, 4.69) is 0 Å². The molecular formula is C23H16F3NO4S. The summed E-state index contributed by atoms with van der Waals surface area (Å²) in [5.74, 6) is -1.91. The van der Waals surface area contributed by atoms with Gasteiger partial charge in [-0.3, -0.25) is 14.5 Å². The lowest BCUT2D eigenvalue weighted by atomic mass is 9.95. The molecule has 1 aliphatic rings. The van der Waals surface area contributed by atoms with Crippen molar-refractivity contribution in [2.45, 2.75) is 12.2 Å². The number of ether oxygens (including phenoxy) is 1. The summed E-state index contributed by atoms with van der Waals surface area (Å²) in [6, 6.07) is 12.7. The molecule has 0 aliphatic carbocycles. The molecule has 32 heavy (non-hydrogen) atoms. The molecule has 4 rings (SSSR count). The number of aliphatic hydroxyl groups is 1. The number of carbonyl (C=O) groups is 2. The summed E-state index contributed by atoms with van der Waals surface area (Å²) in [5, 5.41) is 12.3. The van der Waals surface area contributed by atoms with E-state index in [1.54, 1.807) is 41.8 Å². The normalized spacial score (nSPS) is 16.6. The SMILES string of the molecule is COc1cccc(C2C(C(=O)c3cccs3)=C(O)C(=O)N2c2cccc(C(F)(F)F)c2)c1. The summed E-state index contributed by atoms with van der Waals surface area (Å²) in [7, 11) is 1.44. The van der Waals surface area contributed by atoms with Gasteiger partial charge in [0.2, 0.25) is 5.78 Å². The van der Waals surface area contributed by atoms with Gasteiger partial charge in [-0.05, 0) is 47.3 Å². The topological polar surface area (TPSA) is 66.8 Å². The Kier molecular flexibility index (Phi) is 5.52. The summed E-state index contributed by atoms with van der Waals surface area (Å²) >= 11 is 1.13. The molecule has 164 valence electrons. The van der Waals surface area contributed by atoms with Crippen LogP contribution < -0.4 is 9.64 Å². The number of nitrogens with zero attached hydrogens (tertiary/aromatic N) is 1. The number of Topliss-reactive ketones (excluding diaryl/α,β-unsaturated/α-hetero) is 1. The molecule has 2 heterocycles. The molecular weight excluding hydrogens is 443 g/mol. The minimum Gasteiger partial charge on any atom is -0.503 e. The van der Waals surface area contributed by atoms with E-state index in [-0.39, 0.29) is 16.1 Å². The largest absolute Gasteiger partial charge is 0.503 e. The second-order valence-corrected chi connectivity index (χ2v) is 7.92. The number of thiophene rings is 1. The average molecular weight is 459 g/mol. The Morgan fingerprint density at radius 3 is 2.50 bits per heavy atom. The fourth-order valence-corrected chi connectivity index (χ4v) is 4.28. The van der Waals surface area contributed by atoms with Crippen molar-refractivity contribution >= 4 is 28.7 Å². The molecule has 1 unspecified atom stereocenters. The van der Waals surface area contributed by atoms with Crippen molar-refractivity contribution in [1.29, 1.82) is 0 Å². The summed E-state index contributed by atoms with van der Waals surface area (Å²) < 4.78 is 45.1. The van der Waals surface area contributed by atoms with E-state index in [1.807, 2.05) is 0 Å². The van der Waals surface area contributed by atoms with Gasteiger partial charge in [0.1, 0.15) is 5.75 Å². The maximum atomic E-state index is 13.3. The van der Waals surface area contributed by atoms with E-state index in [1.165, 1.54) is 19.2 Å². The standard InChI is InChI=1S/C23H16F3NO4S/c1-31-16-8-2-5-13(11-16)19-18(20(28)17-9-4-10-32-17)21(29)22(30)27(19)15-7-3-6-14(12-15)23(24,25)26/h2-12,19,29H,1H3. The van der Waals surface area contributed by atoms with Crippen molar-refractivity contribution in [3.8, 4) is 5.75 Å². The number of benzene rings is 2. The number of rotatable bonds is 5. The van der Waals surface area contributed by atoms with Crippen LogP contribution in [0.3, 0.4) is 0 Å². The van der Waals surface area contributed by atoms with Gasteiger partial charge in [-0.15, -0.1) is 11.3 Å². The van der Waals surface area contributed by atoms with Crippen LogP contribution in [0.25, 0.3) is 0 Å². The summed E-state index contributed by atoms with van der Waals surface area (Å²) in [5.41, 5.74) is -0.856. The number of hydrogen-bond acceptors (Lipinski definition) is 5. The highest BCUT2D eigenvalue weighted by molar-refractivity contribution is 7.12. The lowest BCUT2D eigenvalue weighted by Crippen LogP contribution is -2.31. The molecule has 3 aromatic rings. The number of amides is 1. The van der Waals surface area contributed by atoms with Crippen LogP contribution in [0.1, 0.15) is 26.8 Å². The fraction of sp³-hybridized carbons (Fsp3) is 0.130. The predicted molar refractivity (Wildman–Crippen MR) is 113 cm³/mol. The van der Waals surface area contributed by atoms with Crippen LogP contribution in [0.2, 0.25) is 0 Å². The van der Waals surface area contributed by atoms with Crippen LogP contribution in [-0.2, 0) is 11.0 Å². The Morgan fingerprint density at radius 1 is 1.09 bits per heavy atom. The summed E-state index contributed by atoms with van der Waals surface area (Å²) in [6.45, 7) is 0. The smallest absolute Gasteiger partial charge is 0.416 e. The van der Waals surface area contributed by atoms with Crippen molar-refractivity contribution in [2.75, 3.05) is 12.0 Å². The van der Waals surface area contributed by atoms with Crippen LogP contribution >= 0.6 is 11.3 Å². The van der Waals surface area contributed by atoms with Gasteiger partial charge in [0, 0.05) is 5.69 Å². The first-order valence-corrected chi connectivity index (χ1v) is 10.3. The number of hydrogen-bond donors (Lipinski definition) is 1. The molecule has 0 bridgehead atoms. The molecule has 0 saturated heterocycles. The Bertz CT molecular complexity index is 1220. The Hall–Kier alpha value is -3.59. The first-order valence-electron chi connectivity index (χ1n) is 9.38. The molecule has 2 aromatic carbocycles. The molecule has 9 heteroatoms. The number of aliphatic hydroxyl groups excluding tert-OH is 1. The third kappa shape index (κ3) is 3.75. The first-order chi connectivity index (χ1) is 15.2. The number of anilines is 1. The molecule has 1 N–H and O–H groups in total. The number of alkyl halides is 3. The van der Waals surface area contributed by atoms with Gasteiger partial charge >= 0.3 is 6.18 Å². The molecule has 0 spiro atoms. The number of ketones is 1. The zero-order valence-electron chi connectivity index (χ0n) is 16.6. The lowest BCUT2D eigenvalue weighted by Gasteiger charge is -2.27. The second kappa shape index (κ2) is 8.16. The third-order valence-electron chi connectivity index (χ3n) is 5.06. The van der Waals surface area contributed by atoms with Gasteiger partial charge < -0.3 is 9.84 Å². The van der Waals surface area contributed by atoms with E-state index < -0.39 is 35.2 Å². The van der Waals surface area contributed by atoms with Crippen LogP contribution in [0, 0.1) is 0 Å². The lowest BCUT2D eigenvalue weighted by molar-refractivity contribution is -0.137. The Labute approximate surface area is 185 Å². The molecule has 1 aliphatic heterocycles. The van der Waals surface area contributed by atoms with Crippen LogP contribution in [0.5, 0.6) is 5.75 Å². The Morgan fingerprint density at radius 2 is 1.84 bits per heavy atom. The predicted octanol–water partition coefficient (Wildman–Crippen LogP) is 5.56. The van der Waals surface area contributed by atoms with E-state index in [0.29, 0.717) is 11.3 Å². The van der Waals surface area contributed by atoms with Crippen LogP contribution in [0.4, 0.5) is 18.9 Å². The van der Waals surface area contributed by atoms with Crippen molar-refractivity contribution in [3.63, 3.8) is 0 Å². The van der Waals surface area contributed by atoms with Gasteiger partial charge in [-0.2, -0.15) is 13.2 Å². The highest BCUT2D eigenvalue weighted by atomic mass is 32.1. The van der Waals surface area contributed by atoms with E-state index in [9.17, 15) is 27.9 Å². The van der Waals surface area contributed by atoms with E-state index in [0.717, 1.165) is 28.4 Å². The maximum Gasteiger partial charge on any atom is 0.416 e. The molecule has 0 radical (unpaired) electrons. The third-order valence-corrected chi connectivity index (χ3v) is 5.93. The molecule has 1 atom stereocenters. The van der Waals surface area contributed by atoms with Crippen LogP contribution in [0.15, 0.2) is 77.4 Å². The minimum atomic E-state index is -4.63. The van der Waals surface area contributed by atoms with Crippen LogP contribution in [-0.4, -0.2) is 23.9 Å². The summed E-state index contributed by atoms with van der Waals surface area (Å²) in [4.78, 5) is 27.5. The molecule has 1 amide bonds. The highest BCUT2D eigenvalue weighted by Gasteiger charge is 2.45. The van der Waals surface area contributed by atoms with Gasteiger partial charge in [0.05, 0.1) is 29.2 Å². The quantitative estimate of drug-likeness (QED) is 0.508. The minimum absolute atomic E-state index is 0.0989. The fourth-order valence-electron chi connectivity index (χ4n) is 3.60. The number of halogens is 3.